The lowest BCUT2D eigenvalue weighted by Crippen LogP contribution is -2.40. The predicted octanol–water partition coefficient (Wildman–Crippen LogP) is 1.30. The summed E-state index contributed by atoms with van der Waals surface area (Å²) in [6.45, 7) is 6.79. The lowest BCUT2D eigenvalue weighted by Gasteiger charge is -2.29. The van der Waals surface area contributed by atoms with Gasteiger partial charge in [-0.2, -0.15) is 4.99 Å². The highest BCUT2D eigenvalue weighted by Gasteiger charge is 2.19. The fraction of sp³-hybridized carbons (Fsp3) is 0.846. The summed E-state index contributed by atoms with van der Waals surface area (Å²) in [5.74, 6) is 1.11. The van der Waals surface area contributed by atoms with Gasteiger partial charge in [0, 0.05) is 32.0 Å². The molecule has 2 saturated heterocycles. The van der Waals surface area contributed by atoms with Crippen LogP contribution in [0.5, 0.6) is 0 Å². The molecule has 1 amide bonds. The molecule has 2 rings (SSSR count). The van der Waals surface area contributed by atoms with E-state index in [0.29, 0.717) is 32.3 Å². The summed E-state index contributed by atoms with van der Waals surface area (Å²) >= 11 is 0. The minimum Gasteiger partial charge on any atom is -0.447 e. The van der Waals surface area contributed by atoms with Crippen LogP contribution in [0.25, 0.3) is 0 Å². The van der Waals surface area contributed by atoms with Crippen LogP contribution in [0, 0.1) is 5.92 Å². The first-order valence-corrected chi connectivity index (χ1v) is 6.94. The molecule has 1 unspecified atom stereocenters. The molecule has 0 aromatic rings. The van der Waals surface area contributed by atoms with E-state index in [9.17, 15) is 4.79 Å². The van der Waals surface area contributed by atoms with Gasteiger partial charge in [-0.15, -0.1) is 0 Å². The zero-order chi connectivity index (χ0) is 13.5. The SMILES string of the molecule is CCC(=NC(=O)OCC1CCOC1)N1CCOCC1. The van der Waals surface area contributed by atoms with Crippen LogP contribution in [0.3, 0.4) is 0 Å². The standard InChI is InChI=1S/C13H22N2O4/c1-2-12(15-4-7-17-8-5-15)14-13(16)19-10-11-3-6-18-9-11/h11H,2-10H2,1H3. The van der Waals surface area contributed by atoms with Gasteiger partial charge in [0.05, 0.1) is 26.4 Å². The zero-order valence-corrected chi connectivity index (χ0v) is 11.5. The summed E-state index contributed by atoms with van der Waals surface area (Å²) in [4.78, 5) is 17.9. The van der Waals surface area contributed by atoms with Gasteiger partial charge < -0.3 is 19.1 Å². The van der Waals surface area contributed by atoms with E-state index in [1.165, 1.54) is 0 Å². The smallest absolute Gasteiger partial charge is 0.435 e. The minimum absolute atomic E-state index is 0.326. The number of amides is 1. The van der Waals surface area contributed by atoms with Crippen LogP contribution in [0.1, 0.15) is 19.8 Å². The van der Waals surface area contributed by atoms with E-state index in [4.69, 9.17) is 14.2 Å². The fourth-order valence-electron chi connectivity index (χ4n) is 2.24. The summed E-state index contributed by atoms with van der Waals surface area (Å²) in [7, 11) is 0. The molecule has 0 aromatic heterocycles. The Morgan fingerprint density at radius 1 is 1.32 bits per heavy atom. The van der Waals surface area contributed by atoms with E-state index < -0.39 is 6.09 Å². The molecule has 2 aliphatic rings. The molecule has 2 heterocycles. The van der Waals surface area contributed by atoms with Gasteiger partial charge in [0.15, 0.2) is 0 Å². The van der Waals surface area contributed by atoms with Gasteiger partial charge in [0.25, 0.3) is 0 Å². The van der Waals surface area contributed by atoms with Gasteiger partial charge >= 0.3 is 6.09 Å². The van der Waals surface area contributed by atoms with Crippen molar-refractivity contribution in [3.8, 4) is 0 Å². The third kappa shape index (κ3) is 4.47. The number of hydrogen-bond donors (Lipinski definition) is 0. The zero-order valence-electron chi connectivity index (χ0n) is 11.5. The molecular weight excluding hydrogens is 248 g/mol. The number of ether oxygens (including phenoxy) is 3. The maximum atomic E-state index is 11.7. The molecule has 0 spiro atoms. The molecule has 108 valence electrons. The summed E-state index contributed by atoms with van der Waals surface area (Å²) in [5.41, 5.74) is 0. The molecule has 0 N–H and O–H groups in total. The number of nitrogens with zero attached hydrogens (tertiary/aromatic N) is 2. The van der Waals surface area contributed by atoms with Crippen LogP contribution in [0.15, 0.2) is 4.99 Å². The number of hydrogen-bond acceptors (Lipinski definition) is 4. The molecule has 0 saturated carbocycles. The first-order chi connectivity index (χ1) is 9.29. The van der Waals surface area contributed by atoms with E-state index >= 15 is 0 Å². The van der Waals surface area contributed by atoms with Crippen LogP contribution in [-0.4, -0.2) is 63.0 Å². The highest BCUT2D eigenvalue weighted by atomic mass is 16.5. The Kier molecular flexibility index (Phi) is 5.60. The monoisotopic (exact) mass is 270 g/mol. The molecule has 0 aromatic carbocycles. The Morgan fingerprint density at radius 2 is 2.11 bits per heavy atom. The molecule has 1 atom stereocenters. The summed E-state index contributed by atoms with van der Waals surface area (Å²) in [5, 5.41) is 0. The predicted molar refractivity (Wildman–Crippen MR) is 70.4 cm³/mol. The topological polar surface area (TPSA) is 60.4 Å². The van der Waals surface area contributed by atoms with Crippen molar-refractivity contribution in [3.63, 3.8) is 0 Å². The van der Waals surface area contributed by atoms with Crippen LogP contribution < -0.4 is 0 Å². The Hall–Kier alpha value is -1.14. The van der Waals surface area contributed by atoms with E-state index in [-0.39, 0.29) is 0 Å². The Balaban J connectivity index is 1.80. The second-order valence-corrected chi connectivity index (χ2v) is 4.79. The lowest BCUT2D eigenvalue weighted by atomic mass is 10.1. The number of aliphatic imine (C=N–C) groups is 1. The van der Waals surface area contributed by atoms with Crippen molar-refractivity contribution >= 4 is 11.9 Å². The van der Waals surface area contributed by atoms with Crippen molar-refractivity contribution in [2.45, 2.75) is 19.8 Å². The van der Waals surface area contributed by atoms with Gasteiger partial charge in [-0.05, 0) is 6.42 Å². The van der Waals surface area contributed by atoms with E-state index in [0.717, 1.165) is 38.4 Å². The van der Waals surface area contributed by atoms with E-state index in [2.05, 4.69) is 9.89 Å². The maximum Gasteiger partial charge on any atom is 0.435 e. The van der Waals surface area contributed by atoms with Gasteiger partial charge in [-0.25, -0.2) is 4.79 Å². The van der Waals surface area contributed by atoms with E-state index in [1.54, 1.807) is 0 Å². The lowest BCUT2D eigenvalue weighted by molar-refractivity contribution is 0.0669. The summed E-state index contributed by atoms with van der Waals surface area (Å²) in [6.07, 6.45) is 1.19. The average Bonchev–Trinajstić information content (AvgIpc) is 2.97. The van der Waals surface area contributed by atoms with Crippen LogP contribution in [0.2, 0.25) is 0 Å². The number of carbonyl (C=O) groups excluding carboxylic acids is 1. The first-order valence-electron chi connectivity index (χ1n) is 6.94. The van der Waals surface area contributed by atoms with Crippen molar-refractivity contribution in [1.82, 2.24) is 4.90 Å². The number of rotatable bonds is 3. The number of morpholine rings is 1. The van der Waals surface area contributed by atoms with Gasteiger partial charge in [0.2, 0.25) is 0 Å². The molecular formula is C13H22N2O4. The van der Waals surface area contributed by atoms with Crippen molar-refractivity contribution in [3.05, 3.63) is 0 Å². The summed E-state index contributed by atoms with van der Waals surface area (Å²) < 4.78 is 15.7. The normalized spacial score (nSPS) is 24.6. The Bertz CT molecular complexity index is 321. The van der Waals surface area contributed by atoms with Crippen molar-refractivity contribution < 1.29 is 19.0 Å². The molecule has 0 bridgehead atoms. The molecule has 6 nitrogen and oxygen atoms in total. The fourth-order valence-corrected chi connectivity index (χ4v) is 2.24. The number of carbonyl (C=O) groups is 1. The van der Waals surface area contributed by atoms with Crippen molar-refractivity contribution in [2.24, 2.45) is 10.9 Å². The highest BCUT2D eigenvalue weighted by molar-refractivity contribution is 5.91. The van der Waals surface area contributed by atoms with Crippen LogP contribution in [-0.2, 0) is 14.2 Å². The minimum atomic E-state index is -0.491. The molecule has 0 aliphatic carbocycles. The van der Waals surface area contributed by atoms with Gasteiger partial charge in [-0.3, -0.25) is 0 Å². The maximum absolute atomic E-state index is 11.7. The summed E-state index contributed by atoms with van der Waals surface area (Å²) in [6, 6.07) is 0. The largest absolute Gasteiger partial charge is 0.447 e. The second kappa shape index (κ2) is 7.45. The van der Waals surface area contributed by atoms with Crippen LogP contribution >= 0.6 is 0 Å². The molecule has 0 radical (unpaired) electrons. The third-order valence-electron chi connectivity index (χ3n) is 3.38. The molecule has 19 heavy (non-hydrogen) atoms. The third-order valence-corrected chi connectivity index (χ3v) is 3.38. The number of amidine groups is 1. The molecule has 2 aliphatic heterocycles. The van der Waals surface area contributed by atoms with Gasteiger partial charge in [0.1, 0.15) is 5.84 Å². The Morgan fingerprint density at radius 3 is 2.74 bits per heavy atom. The average molecular weight is 270 g/mol. The first kappa shape index (κ1) is 14.3. The second-order valence-electron chi connectivity index (χ2n) is 4.79. The van der Waals surface area contributed by atoms with E-state index in [1.807, 2.05) is 6.92 Å². The molecule has 2 fully saturated rings. The van der Waals surface area contributed by atoms with Crippen LogP contribution in [0.4, 0.5) is 4.79 Å². The van der Waals surface area contributed by atoms with Crippen molar-refractivity contribution in [2.75, 3.05) is 46.1 Å². The highest BCUT2D eigenvalue weighted by Crippen LogP contribution is 2.12. The Labute approximate surface area is 113 Å². The van der Waals surface area contributed by atoms with Gasteiger partial charge in [-0.1, -0.05) is 6.92 Å². The van der Waals surface area contributed by atoms with Crippen molar-refractivity contribution in [1.29, 1.82) is 0 Å². The quantitative estimate of drug-likeness (QED) is 0.571. The molecule has 6 heteroatoms.